The fourth-order valence-corrected chi connectivity index (χ4v) is 6.48. The number of likely N-dealkylation sites (tertiary alicyclic amines) is 1. The molecule has 1 aromatic carbocycles. The van der Waals surface area contributed by atoms with Crippen molar-refractivity contribution >= 4 is 38.6 Å². The van der Waals surface area contributed by atoms with Gasteiger partial charge in [-0.2, -0.15) is 0 Å². The van der Waals surface area contributed by atoms with Crippen LogP contribution in [0, 0.1) is 6.92 Å². The monoisotopic (exact) mass is 571 g/mol. The molecule has 3 aromatic rings. The summed E-state index contributed by atoms with van der Waals surface area (Å²) < 4.78 is 42.4. The number of aliphatic hydroxyl groups is 1. The third-order valence-electron chi connectivity index (χ3n) is 7.33. The number of pyridine rings is 1. The van der Waals surface area contributed by atoms with Crippen molar-refractivity contribution in [1.29, 1.82) is 0 Å². The molecule has 212 valence electrons. The van der Waals surface area contributed by atoms with Gasteiger partial charge in [0.15, 0.2) is 0 Å². The average Bonchev–Trinajstić information content (AvgIpc) is 3.60. The van der Waals surface area contributed by atoms with E-state index >= 15 is 0 Å². The van der Waals surface area contributed by atoms with E-state index in [9.17, 15) is 32.3 Å². The number of sulfonamides is 1. The van der Waals surface area contributed by atoms with Crippen molar-refractivity contribution in [1.82, 2.24) is 19.2 Å². The first-order chi connectivity index (χ1) is 18.9. The fraction of sp³-hybridized carbons (Fsp3) is 0.407. The fourth-order valence-electron chi connectivity index (χ4n) is 5.18. The van der Waals surface area contributed by atoms with Crippen LogP contribution in [0.2, 0.25) is 0 Å². The maximum Gasteiger partial charge on any atom is 0.264 e. The van der Waals surface area contributed by atoms with Crippen molar-refractivity contribution in [2.45, 2.75) is 62.7 Å². The van der Waals surface area contributed by atoms with Crippen LogP contribution >= 0.6 is 0 Å². The summed E-state index contributed by atoms with van der Waals surface area (Å²) in [4.78, 5) is 43.9. The third-order valence-corrected chi connectivity index (χ3v) is 9.15. The highest BCUT2D eigenvalue weighted by Gasteiger charge is 2.40. The number of aryl methyl sites for hydroxylation is 1. The summed E-state index contributed by atoms with van der Waals surface area (Å²) in [5.74, 6) is -2.10. The quantitative estimate of drug-likeness (QED) is 0.347. The molecule has 0 radical (unpaired) electrons. The van der Waals surface area contributed by atoms with Crippen molar-refractivity contribution < 1.29 is 32.3 Å². The van der Waals surface area contributed by atoms with Crippen LogP contribution in [0.25, 0.3) is 10.9 Å². The van der Waals surface area contributed by atoms with Crippen LogP contribution in [-0.4, -0.2) is 75.8 Å². The molecule has 2 aromatic heterocycles. The van der Waals surface area contributed by atoms with Gasteiger partial charge in [-0.15, -0.1) is 0 Å². The molecule has 0 bridgehead atoms. The molecule has 3 atom stereocenters. The molecule has 13 heteroatoms. The van der Waals surface area contributed by atoms with E-state index in [-0.39, 0.29) is 42.4 Å². The Balaban J connectivity index is 1.37. The number of fused-ring (bicyclic) bond motifs is 1. The topological polar surface area (TPSA) is 165 Å². The number of carbonyl (C=O) groups is 3. The lowest BCUT2D eigenvalue weighted by Crippen LogP contribution is -2.45. The minimum Gasteiger partial charge on any atom is -0.391 e. The number of primary amides is 1. The zero-order valence-electron chi connectivity index (χ0n) is 21.8. The Labute approximate surface area is 230 Å². The van der Waals surface area contributed by atoms with Crippen molar-refractivity contribution in [2.24, 2.45) is 5.73 Å². The number of aromatic nitrogens is 2. The zero-order chi connectivity index (χ0) is 28.8. The summed E-state index contributed by atoms with van der Waals surface area (Å²) in [6, 6.07) is 8.87. The first kappa shape index (κ1) is 27.7. The highest BCUT2D eigenvalue weighted by molar-refractivity contribution is 7.91. The number of nitrogens with zero attached hydrogens (tertiary/aromatic N) is 3. The van der Waals surface area contributed by atoms with Crippen LogP contribution < -0.4 is 10.5 Å². The molecule has 2 aliphatic rings. The van der Waals surface area contributed by atoms with Gasteiger partial charge in [0.1, 0.15) is 12.7 Å². The molecule has 0 spiro atoms. The maximum absolute atomic E-state index is 14.5. The summed E-state index contributed by atoms with van der Waals surface area (Å²) in [7, 11) is -3.78. The molecule has 1 saturated heterocycles. The van der Waals surface area contributed by atoms with Gasteiger partial charge < -0.3 is 20.3 Å². The number of alkyl halides is 1. The normalized spacial score (nSPS) is 20.0. The Morgan fingerprint density at radius 1 is 1.23 bits per heavy atom. The summed E-state index contributed by atoms with van der Waals surface area (Å²) >= 11 is 0. The largest absolute Gasteiger partial charge is 0.391 e. The highest BCUT2D eigenvalue weighted by Crippen LogP contribution is 2.29. The molecular weight excluding hydrogens is 541 g/mol. The molecule has 4 N–H and O–H groups in total. The molecule has 2 fully saturated rings. The Kier molecular flexibility index (Phi) is 7.36. The van der Waals surface area contributed by atoms with Crippen molar-refractivity contribution in [3.63, 3.8) is 0 Å². The van der Waals surface area contributed by atoms with E-state index < -0.39 is 51.3 Å². The summed E-state index contributed by atoms with van der Waals surface area (Å²) in [5, 5.41) is 10.6. The summed E-state index contributed by atoms with van der Waals surface area (Å²) in [6.07, 6.45) is 0.163. The van der Waals surface area contributed by atoms with E-state index in [0.29, 0.717) is 24.1 Å². The van der Waals surface area contributed by atoms with Gasteiger partial charge in [-0.1, -0.05) is 6.07 Å². The predicted molar refractivity (Wildman–Crippen MR) is 144 cm³/mol. The Bertz CT molecular complexity index is 1600. The van der Waals surface area contributed by atoms with Crippen molar-refractivity contribution in [3.05, 3.63) is 65.1 Å². The number of hydrogen-bond donors (Lipinski definition) is 3. The number of rotatable bonds is 9. The second kappa shape index (κ2) is 10.6. The second-order valence-electron chi connectivity index (χ2n) is 10.4. The van der Waals surface area contributed by atoms with Gasteiger partial charge in [0.05, 0.1) is 29.5 Å². The van der Waals surface area contributed by atoms with Gasteiger partial charge >= 0.3 is 0 Å². The van der Waals surface area contributed by atoms with Gasteiger partial charge in [-0.05, 0) is 50.1 Å². The molecule has 11 nitrogen and oxygen atoms in total. The van der Waals surface area contributed by atoms with Crippen LogP contribution in [0.5, 0.6) is 0 Å². The van der Waals surface area contributed by atoms with E-state index in [1.165, 1.54) is 33.9 Å². The van der Waals surface area contributed by atoms with E-state index in [1.807, 2.05) is 23.8 Å². The molecule has 40 heavy (non-hydrogen) atoms. The number of halogens is 1. The zero-order valence-corrected chi connectivity index (χ0v) is 22.6. The molecule has 3 heterocycles. The first-order valence-corrected chi connectivity index (χ1v) is 14.5. The molecule has 1 aliphatic carbocycles. The van der Waals surface area contributed by atoms with Crippen LogP contribution in [0.15, 0.2) is 42.6 Å². The second-order valence-corrected chi connectivity index (χ2v) is 12.4. The standard InChI is InChI=1S/C27H30FN5O6S/c1-15-3-2-4-18(30-15)11-24(34)23-10-17(28)12-33(23)25(35)14-32-13-21(26(29)36)20-9-16(5-8-22(20)32)27(37)31-40(38,39)19-6-7-19/h2-5,8-9,13,17,19,23-24,34H,6-7,10-12,14H2,1H3,(H2,29,36)(H,31,37)/t17?,23-,24?/m1/s1. The van der Waals surface area contributed by atoms with E-state index in [4.69, 9.17) is 5.73 Å². The SMILES string of the molecule is Cc1cccc(CC(O)[C@H]2CC(F)CN2C(=O)Cn2cc(C(N)=O)c3cc(C(=O)NS(=O)(=O)C4CC4)ccc32)n1. The lowest BCUT2D eigenvalue weighted by molar-refractivity contribution is -0.134. The lowest BCUT2D eigenvalue weighted by Gasteiger charge is -2.28. The number of hydrogen-bond acceptors (Lipinski definition) is 7. The smallest absolute Gasteiger partial charge is 0.264 e. The number of aliphatic hydroxyl groups excluding tert-OH is 1. The lowest BCUT2D eigenvalue weighted by atomic mass is 10.0. The van der Waals surface area contributed by atoms with Gasteiger partial charge in [0, 0.05) is 46.9 Å². The summed E-state index contributed by atoms with van der Waals surface area (Å²) in [6.45, 7) is 1.37. The van der Waals surface area contributed by atoms with Gasteiger partial charge in [-0.3, -0.25) is 19.4 Å². The van der Waals surface area contributed by atoms with Crippen LogP contribution in [0.3, 0.4) is 0 Å². The molecule has 2 unspecified atom stereocenters. The number of amides is 3. The van der Waals surface area contributed by atoms with Gasteiger partial charge in [-0.25, -0.2) is 17.5 Å². The Hall–Kier alpha value is -3.84. The van der Waals surface area contributed by atoms with E-state index in [0.717, 1.165) is 5.69 Å². The minimum absolute atomic E-state index is 0.0102. The maximum atomic E-state index is 14.5. The Morgan fingerprint density at radius 3 is 2.65 bits per heavy atom. The molecule has 1 aliphatic heterocycles. The molecular formula is C27H30FN5O6S. The van der Waals surface area contributed by atoms with E-state index in [1.54, 1.807) is 6.07 Å². The van der Waals surface area contributed by atoms with Crippen LogP contribution in [0.4, 0.5) is 4.39 Å². The van der Waals surface area contributed by atoms with Crippen molar-refractivity contribution in [3.8, 4) is 0 Å². The number of nitrogens with one attached hydrogen (secondary N) is 1. The predicted octanol–water partition coefficient (Wildman–Crippen LogP) is 1.21. The number of carbonyl (C=O) groups excluding carboxylic acids is 3. The highest BCUT2D eigenvalue weighted by atomic mass is 32.2. The molecule has 5 rings (SSSR count). The first-order valence-electron chi connectivity index (χ1n) is 13.0. The van der Waals surface area contributed by atoms with Gasteiger partial charge in [0.25, 0.3) is 11.8 Å². The van der Waals surface area contributed by atoms with Gasteiger partial charge in [0.2, 0.25) is 15.9 Å². The Morgan fingerprint density at radius 2 is 1.98 bits per heavy atom. The number of benzene rings is 1. The minimum atomic E-state index is -3.78. The third kappa shape index (κ3) is 5.70. The molecule has 1 saturated carbocycles. The average molecular weight is 572 g/mol. The van der Waals surface area contributed by atoms with Crippen LogP contribution in [0.1, 0.15) is 51.4 Å². The van der Waals surface area contributed by atoms with E-state index in [2.05, 4.69) is 4.98 Å². The molecule has 3 amide bonds. The summed E-state index contributed by atoms with van der Waals surface area (Å²) in [5.41, 5.74) is 7.42. The van der Waals surface area contributed by atoms with Crippen LogP contribution in [-0.2, 0) is 27.8 Å². The van der Waals surface area contributed by atoms with Crippen molar-refractivity contribution in [2.75, 3.05) is 6.54 Å². The number of nitrogens with two attached hydrogens (primary N) is 1.